The van der Waals surface area contributed by atoms with Crippen LogP contribution in [-0.4, -0.2) is 16.1 Å². The van der Waals surface area contributed by atoms with Crippen LogP contribution in [0.5, 0.6) is 0 Å². The van der Waals surface area contributed by atoms with Gasteiger partial charge in [-0.2, -0.15) is 5.10 Å². The molecule has 22 heavy (non-hydrogen) atoms. The van der Waals surface area contributed by atoms with Gasteiger partial charge >= 0.3 is 0 Å². The highest BCUT2D eigenvalue weighted by molar-refractivity contribution is 5.94. The third-order valence-electron chi connectivity index (χ3n) is 3.30. The Morgan fingerprint density at radius 2 is 1.86 bits per heavy atom. The molecule has 114 valence electrons. The first kappa shape index (κ1) is 15.8. The molecule has 0 aliphatic rings. The highest BCUT2D eigenvalue weighted by atomic mass is 16.1. The van der Waals surface area contributed by atoms with E-state index in [1.54, 1.807) is 12.1 Å². The molecule has 3 aromatic rings. The number of hydrogen-bond donors (Lipinski definition) is 2. The van der Waals surface area contributed by atoms with E-state index in [9.17, 15) is 4.79 Å². The number of hydrogen-bond acceptors (Lipinski definition) is 2. The molecule has 1 aromatic heterocycles. The first-order chi connectivity index (χ1) is 10.7. The first-order valence-corrected chi connectivity index (χ1v) is 7.51. The van der Waals surface area contributed by atoms with Crippen molar-refractivity contribution in [2.75, 3.05) is 0 Å². The van der Waals surface area contributed by atoms with E-state index in [0.717, 1.165) is 22.2 Å². The highest BCUT2D eigenvalue weighted by Gasteiger charge is 2.06. The van der Waals surface area contributed by atoms with Crippen LogP contribution < -0.4 is 5.32 Å². The second kappa shape index (κ2) is 7.41. The van der Waals surface area contributed by atoms with E-state index in [1.165, 1.54) is 0 Å². The van der Waals surface area contributed by atoms with Gasteiger partial charge in [-0.3, -0.25) is 9.89 Å². The van der Waals surface area contributed by atoms with E-state index in [-0.39, 0.29) is 5.91 Å². The Kier molecular flexibility index (Phi) is 5.31. The van der Waals surface area contributed by atoms with Crippen molar-refractivity contribution in [1.82, 2.24) is 15.5 Å². The molecule has 0 fully saturated rings. The van der Waals surface area contributed by atoms with Gasteiger partial charge in [0, 0.05) is 23.2 Å². The van der Waals surface area contributed by atoms with Crippen molar-refractivity contribution in [3.63, 3.8) is 0 Å². The van der Waals surface area contributed by atoms with Crippen LogP contribution in [0.4, 0.5) is 0 Å². The average Bonchev–Trinajstić information content (AvgIpc) is 2.96. The summed E-state index contributed by atoms with van der Waals surface area (Å²) in [5.41, 5.74) is 3.72. The number of nitrogens with one attached hydrogen (secondary N) is 2. The summed E-state index contributed by atoms with van der Waals surface area (Å²) >= 11 is 0. The molecule has 0 aliphatic carbocycles. The molecule has 0 bridgehead atoms. The fourth-order valence-corrected chi connectivity index (χ4v) is 2.17. The monoisotopic (exact) mass is 295 g/mol. The molecule has 4 heteroatoms. The van der Waals surface area contributed by atoms with Crippen molar-refractivity contribution in [2.24, 2.45) is 0 Å². The average molecular weight is 295 g/mol. The van der Waals surface area contributed by atoms with E-state index >= 15 is 0 Å². The lowest BCUT2D eigenvalue weighted by molar-refractivity contribution is 0.0951. The summed E-state index contributed by atoms with van der Waals surface area (Å²) in [5, 5.41) is 11.2. The fraction of sp³-hybridized carbons (Fsp3) is 0.222. The smallest absolute Gasteiger partial charge is 0.251 e. The molecule has 0 radical (unpaired) electrons. The standard InChI is InChI=1S/C16H15N3O.C2H6/c1-11-14-9-12(7-8-15(14)19-18-11)10-17-16(20)13-5-3-2-4-6-13;1-2/h2-9H,10H2,1H3,(H,17,20)(H,18,19);1-2H3. The van der Waals surface area contributed by atoms with Gasteiger partial charge in [0.05, 0.1) is 5.52 Å². The van der Waals surface area contributed by atoms with Crippen LogP contribution in [0.3, 0.4) is 0 Å². The first-order valence-electron chi connectivity index (χ1n) is 7.51. The Balaban J connectivity index is 0.000000847. The lowest BCUT2D eigenvalue weighted by atomic mass is 10.1. The van der Waals surface area contributed by atoms with Crippen LogP contribution in [0, 0.1) is 6.92 Å². The zero-order valence-electron chi connectivity index (χ0n) is 13.2. The van der Waals surface area contributed by atoms with Crippen molar-refractivity contribution >= 4 is 16.8 Å². The van der Waals surface area contributed by atoms with E-state index in [0.29, 0.717) is 12.1 Å². The molecule has 1 amide bonds. The Bertz CT molecular complexity index is 747. The van der Waals surface area contributed by atoms with E-state index in [1.807, 2.05) is 51.1 Å². The summed E-state index contributed by atoms with van der Waals surface area (Å²) in [5.74, 6) is -0.0605. The molecule has 0 saturated carbocycles. The maximum Gasteiger partial charge on any atom is 0.251 e. The molecule has 2 aromatic carbocycles. The molecule has 3 rings (SSSR count). The lowest BCUT2D eigenvalue weighted by Gasteiger charge is -2.05. The third kappa shape index (κ3) is 3.52. The minimum atomic E-state index is -0.0605. The molecule has 0 aliphatic heterocycles. The van der Waals surface area contributed by atoms with Crippen LogP contribution in [0.2, 0.25) is 0 Å². The Hall–Kier alpha value is -2.62. The number of aryl methyl sites for hydroxylation is 1. The zero-order valence-corrected chi connectivity index (χ0v) is 13.2. The maximum absolute atomic E-state index is 12.0. The predicted molar refractivity (Wildman–Crippen MR) is 89.8 cm³/mol. The van der Waals surface area contributed by atoms with Crippen molar-refractivity contribution < 1.29 is 4.79 Å². The van der Waals surface area contributed by atoms with E-state index in [2.05, 4.69) is 21.6 Å². The van der Waals surface area contributed by atoms with Gasteiger partial charge in [0.25, 0.3) is 5.91 Å². The van der Waals surface area contributed by atoms with Crippen molar-refractivity contribution in [2.45, 2.75) is 27.3 Å². The number of amides is 1. The SMILES string of the molecule is CC.Cc1[nH]nc2ccc(CNC(=O)c3ccccc3)cc12. The second-order valence-corrected chi connectivity index (χ2v) is 4.75. The summed E-state index contributed by atoms with van der Waals surface area (Å²) in [7, 11) is 0. The zero-order chi connectivity index (χ0) is 15.9. The van der Waals surface area contributed by atoms with Gasteiger partial charge in [-0.15, -0.1) is 0 Å². The largest absolute Gasteiger partial charge is 0.348 e. The third-order valence-corrected chi connectivity index (χ3v) is 3.30. The minimum Gasteiger partial charge on any atom is -0.348 e. The fourth-order valence-electron chi connectivity index (χ4n) is 2.17. The number of aromatic nitrogens is 2. The molecular weight excluding hydrogens is 274 g/mol. The molecule has 0 unspecified atom stereocenters. The second-order valence-electron chi connectivity index (χ2n) is 4.75. The van der Waals surface area contributed by atoms with Gasteiger partial charge in [0.2, 0.25) is 0 Å². The topological polar surface area (TPSA) is 57.8 Å². The summed E-state index contributed by atoms with van der Waals surface area (Å²) in [6, 6.07) is 15.2. The number of aromatic amines is 1. The van der Waals surface area contributed by atoms with Crippen molar-refractivity contribution in [3.05, 3.63) is 65.4 Å². The minimum absolute atomic E-state index is 0.0605. The summed E-state index contributed by atoms with van der Waals surface area (Å²) in [6.45, 7) is 6.50. The lowest BCUT2D eigenvalue weighted by Crippen LogP contribution is -2.22. The molecule has 1 heterocycles. The molecule has 0 saturated heterocycles. The number of carbonyl (C=O) groups excluding carboxylic acids is 1. The van der Waals surface area contributed by atoms with Gasteiger partial charge < -0.3 is 5.32 Å². The van der Waals surface area contributed by atoms with Crippen LogP contribution in [-0.2, 0) is 6.54 Å². The number of benzene rings is 2. The van der Waals surface area contributed by atoms with Crippen molar-refractivity contribution in [3.8, 4) is 0 Å². The predicted octanol–water partition coefficient (Wildman–Crippen LogP) is 3.83. The number of nitrogens with zero attached hydrogens (tertiary/aromatic N) is 1. The quantitative estimate of drug-likeness (QED) is 0.771. The summed E-state index contributed by atoms with van der Waals surface area (Å²) in [4.78, 5) is 12.0. The number of rotatable bonds is 3. The molecule has 0 spiro atoms. The molecule has 2 N–H and O–H groups in total. The number of carbonyl (C=O) groups is 1. The maximum atomic E-state index is 12.0. The Labute approximate surface area is 130 Å². The number of fused-ring (bicyclic) bond motifs is 1. The number of H-pyrrole nitrogens is 1. The van der Waals surface area contributed by atoms with Crippen LogP contribution in [0.15, 0.2) is 48.5 Å². The van der Waals surface area contributed by atoms with Crippen molar-refractivity contribution in [1.29, 1.82) is 0 Å². The van der Waals surface area contributed by atoms with Crippen LogP contribution >= 0.6 is 0 Å². The Morgan fingerprint density at radius 3 is 2.59 bits per heavy atom. The summed E-state index contributed by atoms with van der Waals surface area (Å²) in [6.07, 6.45) is 0. The van der Waals surface area contributed by atoms with Gasteiger partial charge in [0.15, 0.2) is 0 Å². The molecular formula is C18H21N3O. The summed E-state index contributed by atoms with van der Waals surface area (Å²) < 4.78 is 0. The molecule has 4 nitrogen and oxygen atoms in total. The van der Waals surface area contributed by atoms with E-state index < -0.39 is 0 Å². The Morgan fingerprint density at radius 1 is 1.14 bits per heavy atom. The van der Waals surface area contributed by atoms with Gasteiger partial charge in [-0.1, -0.05) is 38.1 Å². The normalized spacial score (nSPS) is 9.95. The van der Waals surface area contributed by atoms with Gasteiger partial charge in [-0.05, 0) is 36.8 Å². The molecule has 0 atom stereocenters. The van der Waals surface area contributed by atoms with Crippen LogP contribution in [0.25, 0.3) is 10.9 Å². The van der Waals surface area contributed by atoms with E-state index in [4.69, 9.17) is 0 Å². The highest BCUT2D eigenvalue weighted by Crippen LogP contribution is 2.16. The van der Waals surface area contributed by atoms with Crippen LogP contribution in [0.1, 0.15) is 35.5 Å². The van der Waals surface area contributed by atoms with Gasteiger partial charge in [0.1, 0.15) is 0 Å². The van der Waals surface area contributed by atoms with Gasteiger partial charge in [-0.25, -0.2) is 0 Å².